The molecule has 0 saturated heterocycles. The fourth-order valence-electron chi connectivity index (χ4n) is 1.92. The molecule has 0 fully saturated rings. The van der Waals surface area contributed by atoms with Crippen LogP contribution >= 0.6 is 0 Å². The van der Waals surface area contributed by atoms with E-state index in [1.807, 2.05) is 6.07 Å². The fraction of sp³-hybridized carbons (Fsp3) is 0.200. The summed E-state index contributed by atoms with van der Waals surface area (Å²) >= 11 is 0. The molecule has 1 aromatic heterocycles. The zero-order valence-corrected chi connectivity index (χ0v) is 10.9. The maximum Gasteiger partial charge on any atom is 0.308 e. The van der Waals surface area contributed by atoms with Crippen molar-refractivity contribution in [3.8, 4) is 0 Å². The SMILES string of the molecule is C[C@H](C(=O)O)[C@H](NC(=O)c1ccoc1)c1ccccc1. The number of carboxylic acids is 1. The topological polar surface area (TPSA) is 79.5 Å². The number of carbonyl (C=O) groups is 2. The minimum atomic E-state index is -0.966. The second-order valence-electron chi connectivity index (χ2n) is 4.50. The van der Waals surface area contributed by atoms with E-state index in [4.69, 9.17) is 4.42 Å². The number of carboxylic acid groups (broad SMARTS) is 1. The number of aliphatic carboxylic acids is 1. The summed E-state index contributed by atoms with van der Waals surface area (Å²) in [5.41, 5.74) is 1.11. The van der Waals surface area contributed by atoms with E-state index in [-0.39, 0.29) is 5.91 Å². The standard InChI is InChI=1S/C15H15NO4/c1-10(15(18)19)13(11-5-3-2-4-6-11)16-14(17)12-7-8-20-9-12/h2-10,13H,1H3,(H,16,17)(H,18,19)/t10-,13-/m0/s1. The Morgan fingerprint density at radius 1 is 1.20 bits per heavy atom. The third-order valence-electron chi connectivity index (χ3n) is 3.12. The van der Waals surface area contributed by atoms with Crippen LogP contribution in [0.3, 0.4) is 0 Å². The number of rotatable bonds is 5. The lowest BCUT2D eigenvalue weighted by atomic mass is 9.94. The summed E-state index contributed by atoms with van der Waals surface area (Å²) in [4.78, 5) is 23.3. The van der Waals surface area contributed by atoms with Crippen LogP contribution in [0.2, 0.25) is 0 Å². The van der Waals surface area contributed by atoms with E-state index in [9.17, 15) is 14.7 Å². The van der Waals surface area contributed by atoms with Gasteiger partial charge in [-0.2, -0.15) is 0 Å². The van der Waals surface area contributed by atoms with E-state index in [0.29, 0.717) is 5.56 Å². The molecule has 0 spiro atoms. The molecule has 1 heterocycles. The molecule has 0 unspecified atom stereocenters. The Morgan fingerprint density at radius 2 is 1.90 bits per heavy atom. The molecule has 2 atom stereocenters. The van der Waals surface area contributed by atoms with Crippen LogP contribution < -0.4 is 5.32 Å². The summed E-state index contributed by atoms with van der Waals surface area (Å²) in [5, 5.41) is 11.9. The van der Waals surface area contributed by atoms with Gasteiger partial charge in [0.1, 0.15) is 6.26 Å². The Labute approximate surface area is 116 Å². The average molecular weight is 273 g/mol. The van der Waals surface area contributed by atoms with Gasteiger partial charge in [0.15, 0.2) is 0 Å². The molecule has 0 aliphatic rings. The van der Waals surface area contributed by atoms with Crippen molar-refractivity contribution in [3.63, 3.8) is 0 Å². The van der Waals surface area contributed by atoms with Crippen LogP contribution in [0, 0.1) is 5.92 Å². The monoisotopic (exact) mass is 273 g/mol. The number of amides is 1. The predicted molar refractivity (Wildman–Crippen MR) is 72.2 cm³/mol. The Balaban J connectivity index is 2.24. The van der Waals surface area contributed by atoms with Crippen LogP contribution in [0.4, 0.5) is 0 Å². The summed E-state index contributed by atoms with van der Waals surface area (Å²) in [6.45, 7) is 1.57. The molecular weight excluding hydrogens is 258 g/mol. The van der Waals surface area contributed by atoms with Gasteiger partial charge in [-0.15, -0.1) is 0 Å². The summed E-state index contributed by atoms with van der Waals surface area (Å²) in [5.74, 6) is -2.07. The third kappa shape index (κ3) is 3.06. The van der Waals surface area contributed by atoms with Gasteiger partial charge in [0, 0.05) is 0 Å². The highest BCUT2D eigenvalue weighted by atomic mass is 16.4. The Hall–Kier alpha value is -2.56. The first-order chi connectivity index (χ1) is 9.59. The minimum absolute atomic E-state index is 0.360. The highest BCUT2D eigenvalue weighted by Crippen LogP contribution is 2.22. The quantitative estimate of drug-likeness (QED) is 0.877. The molecule has 2 rings (SSSR count). The van der Waals surface area contributed by atoms with Crippen molar-refractivity contribution in [1.82, 2.24) is 5.32 Å². The second-order valence-corrected chi connectivity index (χ2v) is 4.50. The van der Waals surface area contributed by atoms with Crippen molar-refractivity contribution in [2.24, 2.45) is 5.92 Å². The molecule has 2 N–H and O–H groups in total. The lowest BCUT2D eigenvalue weighted by molar-refractivity contribution is -0.142. The molecular formula is C15H15NO4. The minimum Gasteiger partial charge on any atom is -0.481 e. The normalized spacial score (nSPS) is 13.4. The Kier molecular flexibility index (Phi) is 4.20. The smallest absolute Gasteiger partial charge is 0.308 e. The van der Waals surface area contributed by atoms with Crippen LogP contribution in [0.5, 0.6) is 0 Å². The molecule has 2 aromatic rings. The number of hydrogen-bond acceptors (Lipinski definition) is 3. The molecule has 1 aromatic carbocycles. The molecule has 0 aliphatic heterocycles. The van der Waals surface area contributed by atoms with Gasteiger partial charge in [-0.05, 0) is 18.6 Å². The first-order valence-corrected chi connectivity index (χ1v) is 6.20. The zero-order chi connectivity index (χ0) is 14.5. The third-order valence-corrected chi connectivity index (χ3v) is 3.12. The van der Waals surface area contributed by atoms with E-state index in [1.165, 1.54) is 18.6 Å². The highest BCUT2D eigenvalue weighted by molar-refractivity contribution is 5.94. The molecule has 1 amide bonds. The molecule has 0 radical (unpaired) electrons. The number of furan rings is 1. The number of nitrogens with one attached hydrogen (secondary N) is 1. The van der Waals surface area contributed by atoms with Gasteiger partial charge in [-0.3, -0.25) is 9.59 Å². The van der Waals surface area contributed by atoms with Crippen molar-refractivity contribution in [1.29, 1.82) is 0 Å². The fourth-order valence-corrected chi connectivity index (χ4v) is 1.92. The van der Waals surface area contributed by atoms with Crippen LogP contribution in [0.25, 0.3) is 0 Å². The molecule has 0 bridgehead atoms. The largest absolute Gasteiger partial charge is 0.481 e. The molecule has 5 heteroatoms. The maximum atomic E-state index is 12.1. The van der Waals surface area contributed by atoms with E-state index in [1.54, 1.807) is 31.2 Å². The van der Waals surface area contributed by atoms with Crippen molar-refractivity contribution in [2.75, 3.05) is 0 Å². The number of carbonyl (C=O) groups excluding carboxylic acids is 1. The summed E-state index contributed by atoms with van der Waals surface area (Å²) in [6, 6.07) is 9.96. The molecule has 20 heavy (non-hydrogen) atoms. The van der Waals surface area contributed by atoms with E-state index in [0.717, 1.165) is 5.56 Å². The maximum absolute atomic E-state index is 12.1. The van der Waals surface area contributed by atoms with Gasteiger partial charge in [0.25, 0.3) is 5.91 Å². The van der Waals surface area contributed by atoms with Crippen molar-refractivity contribution in [3.05, 3.63) is 60.1 Å². The lowest BCUT2D eigenvalue weighted by Crippen LogP contribution is -2.35. The summed E-state index contributed by atoms with van der Waals surface area (Å²) in [6.07, 6.45) is 2.72. The van der Waals surface area contributed by atoms with Crippen LogP contribution in [-0.4, -0.2) is 17.0 Å². The summed E-state index contributed by atoms with van der Waals surface area (Å²) in [7, 11) is 0. The van der Waals surface area contributed by atoms with E-state index < -0.39 is 17.9 Å². The van der Waals surface area contributed by atoms with Gasteiger partial charge in [0.05, 0.1) is 23.8 Å². The second kappa shape index (κ2) is 6.06. The van der Waals surface area contributed by atoms with E-state index in [2.05, 4.69) is 5.32 Å². The average Bonchev–Trinajstić information content (AvgIpc) is 2.99. The zero-order valence-electron chi connectivity index (χ0n) is 10.9. The summed E-state index contributed by atoms with van der Waals surface area (Å²) < 4.78 is 4.85. The van der Waals surface area contributed by atoms with Gasteiger partial charge >= 0.3 is 5.97 Å². The van der Waals surface area contributed by atoms with Gasteiger partial charge in [-0.1, -0.05) is 30.3 Å². The molecule has 104 valence electrons. The predicted octanol–water partition coefficient (Wildman–Crippen LogP) is 2.47. The first kappa shape index (κ1) is 13.9. The van der Waals surface area contributed by atoms with Crippen LogP contribution in [-0.2, 0) is 4.79 Å². The number of hydrogen-bond donors (Lipinski definition) is 2. The van der Waals surface area contributed by atoms with Gasteiger partial charge in [-0.25, -0.2) is 0 Å². The van der Waals surface area contributed by atoms with Crippen LogP contribution in [0.1, 0.15) is 28.9 Å². The van der Waals surface area contributed by atoms with Crippen molar-refractivity contribution < 1.29 is 19.1 Å². The first-order valence-electron chi connectivity index (χ1n) is 6.20. The van der Waals surface area contributed by atoms with E-state index >= 15 is 0 Å². The Morgan fingerprint density at radius 3 is 2.45 bits per heavy atom. The molecule has 5 nitrogen and oxygen atoms in total. The number of benzene rings is 1. The lowest BCUT2D eigenvalue weighted by Gasteiger charge is -2.22. The Bertz CT molecular complexity index is 577. The van der Waals surface area contributed by atoms with Gasteiger partial charge < -0.3 is 14.8 Å². The highest BCUT2D eigenvalue weighted by Gasteiger charge is 2.27. The van der Waals surface area contributed by atoms with Gasteiger partial charge in [0.2, 0.25) is 0 Å². The van der Waals surface area contributed by atoms with Crippen molar-refractivity contribution in [2.45, 2.75) is 13.0 Å². The van der Waals surface area contributed by atoms with Crippen molar-refractivity contribution >= 4 is 11.9 Å². The van der Waals surface area contributed by atoms with Crippen LogP contribution in [0.15, 0.2) is 53.3 Å². The molecule has 0 saturated carbocycles. The molecule has 0 aliphatic carbocycles.